The first-order valence-corrected chi connectivity index (χ1v) is 9.82. The number of anilines is 1. The summed E-state index contributed by atoms with van der Waals surface area (Å²) < 4.78 is 28.9. The van der Waals surface area contributed by atoms with Crippen LogP contribution in [0.3, 0.4) is 0 Å². The Morgan fingerprint density at radius 1 is 1.19 bits per heavy atom. The van der Waals surface area contributed by atoms with Gasteiger partial charge in [-0.25, -0.2) is 8.42 Å². The number of aryl methyl sites for hydroxylation is 2. The molecule has 0 amide bonds. The summed E-state index contributed by atoms with van der Waals surface area (Å²) >= 11 is 8.00. The maximum absolute atomic E-state index is 12.5. The average Bonchev–Trinajstić information content (AvgIpc) is 2.76. The van der Waals surface area contributed by atoms with Gasteiger partial charge >= 0.3 is 0 Å². The Labute approximate surface area is 144 Å². The molecule has 0 aliphatic carbocycles. The number of aliphatic hydroxyl groups is 1. The molecule has 0 atom stereocenters. The lowest BCUT2D eigenvalue weighted by molar-refractivity contribution is 0.285. The molecule has 0 aliphatic rings. The van der Waals surface area contributed by atoms with E-state index in [-0.39, 0.29) is 11.5 Å². The van der Waals surface area contributed by atoms with E-state index < -0.39 is 10.0 Å². The fourth-order valence-corrected chi connectivity index (χ4v) is 6.33. The van der Waals surface area contributed by atoms with E-state index in [0.29, 0.717) is 24.4 Å². The summed E-state index contributed by atoms with van der Waals surface area (Å²) in [5, 5.41) is 9.13. The predicted molar refractivity (Wildman–Crippen MR) is 92.4 cm³/mol. The number of rotatable bonds is 4. The minimum Gasteiger partial charge on any atom is -0.391 e. The third kappa shape index (κ3) is 3.68. The second-order valence-electron chi connectivity index (χ2n) is 4.50. The summed E-state index contributed by atoms with van der Waals surface area (Å²) in [5.41, 5.74) is 1.46. The monoisotopic (exact) mass is 453 g/mol. The van der Waals surface area contributed by atoms with Crippen molar-refractivity contribution in [2.75, 3.05) is 4.72 Å². The molecule has 0 fully saturated rings. The number of benzene rings is 1. The molecule has 1 heterocycles. The van der Waals surface area contributed by atoms with Crippen LogP contribution in [0.5, 0.6) is 0 Å². The Bertz CT molecular complexity index is 762. The van der Waals surface area contributed by atoms with E-state index in [1.54, 1.807) is 6.92 Å². The van der Waals surface area contributed by atoms with Gasteiger partial charge in [0.25, 0.3) is 10.0 Å². The van der Waals surface area contributed by atoms with Crippen LogP contribution in [0.1, 0.15) is 15.3 Å². The molecule has 8 heteroatoms. The maximum Gasteiger partial charge on any atom is 0.263 e. The van der Waals surface area contributed by atoms with Gasteiger partial charge in [-0.05, 0) is 69.5 Å². The second kappa shape index (κ2) is 6.37. The lowest BCUT2D eigenvalue weighted by Crippen LogP contribution is -2.14. The van der Waals surface area contributed by atoms with Gasteiger partial charge < -0.3 is 5.11 Å². The molecule has 2 rings (SSSR count). The number of hydrogen-bond acceptors (Lipinski definition) is 4. The molecule has 2 aromatic rings. The van der Waals surface area contributed by atoms with Gasteiger partial charge in [0.05, 0.1) is 12.3 Å². The number of hydrogen-bond donors (Lipinski definition) is 2. The Hall–Kier alpha value is -0.410. The van der Waals surface area contributed by atoms with Crippen molar-refractivity contribution in [3.05, 3.63) is 42.5 Å². The van der Waals surface area contributed by atoms with Gasteiger partial charge in [-0.3, -0.25) is 4.72 Å². The fraction of sp³-hybridized carbons (Fsp3) is 0.231. The molecule has 0 saturated carbocycles. The first kappa shape index (κ1) is 17.0. The van der Waals surface area contributed by atoms with Gasteiger partial charge in [0.15, 0.2) is 0 Å². The standard InChI is InChI=1S/C13H13Br2NO3S2/c1-7-3-10(14)13(11(15)4-7)16-21(18,19)12-5-9(6-17)20-8(12)2/h3-5,16-17H,6H2,1-2H3. The molecule has 1 aromatic carbocycles. The first-order valence-electron chi connectivity index (χ1n) is 5.93. The first-order chi connectivity index (χ1) is 9.74. The van der Waals surface area contributed by atoms with Crippen molar-refractivity contribution in [2.45, 2.75) is 25.3 Å². The van der Waals surface area contributed by atoms with E-state index in [4.69, 9.17) is 5.11 Å². The average molecular weight is 455 g/mol. The van der Waals surface area contributed by atoms with Crippen molar-refractivity contribution in [3.8, 4) is 0 Å². The third-order valence-corrected chi connectivity index (χ3v) is 6.68. The van der Waals surface area contributed by atoms with E-state index in [1.165, 1.54) is 17.4 Å². The van der Waals surface area contributed by atoms with E-state index in [0.717, 1.165) is 5.56 Å². The second-order valence-corrected chi connectivity index (χ2v) is 9.20. The normalized spacial score (nSPS) is 11.7. The molecule has 2 N–H and O–H groups in total. The van der Waals surface area contributed by atoms with Gasteiger partial charge in [0.1, 0.15) is 4.90 Å². The predicted octanol–water partition coefficient (Wildman–Crippen LogP) is 4.18. The highest BCUT2D eigenvalue weighted by Crippen LogP contribution is 2.35. The van der Waals surface area contributed by atoms with Crippen molar-refractivity contribution in [2.24, 2.45) is 0 Å². The number of aliphatic hydroxyl groups excluding tert-OH is 1. The van der Waals surface area contributed by atoms with E-state index >= 15 is 0 Å². The van der Waals surface area contributed by atoms with Crippen LogP contribution in [0.25, 0.3) is 0 Å². The Morgan fingerprint density at radius 3 is 2.24 bits per heavy atom. The van der Waals surface area contributed by atoms with Crippen molar-refractivity contribution >= 4 is 58.9 Å². The summed E-state index contributed by atoms with van der Waals surface area (Å²) in [7, 11) is -3.70. The molecular formula is C13H13Br2NO3S2. The molecular weight excluding hydrogens is 442 g/mol. The zero-order valence-corrected chi connectivity index (χ0v) is 16.1. The summed E-state index contributed by atoms with van der Waals surface area (Å²) in [6, 6.07) is 5.17. The van der Waals surface area contributed by atoms with Crippen molar-refractivity contribution < 1.29 is 13.5 Å². The molecule has 0 aliphatic heterocycles. The quantitative estimate of drug-likeness (QED) is 0.727. The number of thiophene rings is 1. The van der Waals surface area contributed by atoms with Crippen molar-refractivity contribution in [3.63, 3.8) is 0 Å². The molecule has 0 saturated heterocycles. The van der Waals surface area contributed by atoms with Crippen LogP contribution < -0.4 is 4.72 Å². The van der Waals surface area contributed by atoms with Crippen LogP contribution >= 0.6 is 43.2 Å². The van der Waals surface area contributed by atoms with Crippen LogP contribution in [-0.2, 0) is 16.6 Å². The number of sulfonamides is 1. The highest BCUT2D eigenvalue weighted by molar-refractivity contribution is 9.11. The molecule has 0 radical (unpaired) electrons. The summed E-state index contributed by atoms with van der Waals surface area (Å²) in [5.74, 6) is 0. The molecule has 1 aromatic heterocycles. The highest BCUT2D eigenvalue weighted by atomic mass is 79.9. The van der Waals surface area contributed by atoms with Crippen LogP contribution in [0, 0.1) is 13.8 Å². The van der Waals surface area contributed by atoms with Crippen molar-refractivity contribution in [1.82, 2.24) is 0 Å². The zero-order chi connectivity index (χ0) is 15.8. The fourth-order valence-electron chi connectivity index (χ4n) is 1.86. The SMILES string of the molecule is Cc1cc(Br)c(NS(=O)(=O)c2cc(CO)sc2C)c(Br)c1. The molecule has 114 valence electrons. The minimum absolute atomic E-state index is 0.168. The zero-order valence-electron chi connectivity index (χ0n) is 11.3. The van der Waals surface area contributed by atoms with Crippen LogP contribution in [-0.4, -0.2) is 13.5 Å². The topological polar surface area (TPSA) is 66.4 Å². The van der Waals surface area contributed by atoms with Crippen LogP contribution in [0.15, 0.2) is 32.0 Å². The lowest BCUT2D eigenvalue weighted by Gasteiger charge is -2.12. The highest BCUT2D eigenvalue weighted by Gasteiger charge is 2.22. The summed E-state index contributed by atoms with van der Waals surface area (Å²) in [4.78, 5) is 1.46. The Kier molecular flexibility index (Phi) is 5.15. The molecule has 21 heavy (non-hydrogen) atoms. The third-order valence-electron chi connectivity index (χ3n) is 2.79. The van der Waals surface area contributed by atoms with E-state index in [2.05, 4.69) is 36.6 Å². The molecule has 0 spiro atoms. The summed E-state index contributed by atoms with van der Waals surface area (Å²) in [6.45, 7) is 3.47. The Balaban J connectivity index is 2.44. The van der Waals surface area contributed by atoms with Gasteiger partial charge in [-0.1, -0.05) is 0 Å². The van der Waals surface area contributed by atoms with Gasteiger partial charge in [-0.2, -0.15) is 0 Å². The molecule has 0 bridgehead atoms. The van der Waals surface area contributed by atoms with Crippen LogP contribution in [0.4, 0.5) is 5.69 Å². The largest absolute Gasteiger partial charge is 0.391 e. The smallest absolute Gasteiger partial charge is 0.263 e. The van der Waals surface area contributed by atoms with E-state index in [9.17, 15) is 8.42 Å². The lowest BCUT2D eigenvalue weighted by atomic mass is 10.2. The number of halogens is 2. The van der Waals surface area contributed by atoms with E-state index in [1.807, 2.05) is 19.1 Å². The number of nitrogens with one attached hydrogen (secondary N) is 1. The Morgan fingerprint density at radius 2 is 1.76 bits per heavy atom. The minimum atomic E-state index is -3.70. The van der Waals surface area contributed by atoms with Crippen molar-refractivity contribution in [1.29, 1.82) is 0 Å². The van der Waals surface area contributed by atoms with Crippen LogP contribution in [0.2, 0.25) is 0 Å². The van der Waals surface area contributed by atoms with Gasteiger partial charge in [-0.15, -0.1) is 11.3 Å². The summed E-state index contributed by atoms with van der Waals surface area (Å²) in [6.07, 6.45) is 0. The van der Waals surface area contributed by atoms with Gasteiger partial charge in [0.2, 0.25) is 0 Å². The maximum atomic E-state index is 12.5. The molecule has 0 unspecified atom stereocenters. The van der Waals surface area contributed by atoms with Gasteiger partial charge in [0, 0.05) is 18.7 Å². The molecule has 4 nitrogen and oxygen atoms in total.